The Morgan fingerprint density at radius 2 is 2.64 bits per heavy atom. The minimum Gasteiger partial charge on any atom is -0.384 e. The van der Waals surface area contributed by atoms with E-state index in [9.17, 15) is 4.79 Å². The van der Waals surface area contributed by atoms with E-state index in [-0.39, 0.29) is 0 Å². The topological polar surface area (TPSA) is 78.0 Å². The molecule has 0 aliphatic rings. The zero-order chi connectivity index (χ0) is 8.27. The summed E-state index contributed by atoms with van der Waals surface area (Å²) in [6.45, 7) is 1.39. The van der Waals surface area contributed by atoms with E-state index in [1.54, 1.807) is 6.07 Å². The minimum atomic E-state index is -1.00. The fourth-order valence-corrected chi connectivity index (χ4v) is 0.563. The molecule has 1 amide bonds. The molecule has 1 aromatic rings. The first kappa shape index (κ1) is 7.74. The fourth-order valence-electron chi connectivity index (χ4n) is 0.563. The molecule has 0 saturated carbocycles. The van der Waals surface area contributed by atoms with Crippen LogP contribution in [0.5, 0.6) is 0 Å². The highest BCUT2D eigenvalue weighted by molar-refractivity contribution is 5.92. The van der Waals surface area contributed by atoms with E-state index in [1.165, 1.54) is 13.1 Å². The normalized spacial score (nSPS) is 12.5. The number of aliphatic hydroxyl groups excluding tert-OH is 1. The molecular weight excluding hydrogens is 146 g/mol. The molecule has 0 saturated heterocycles. The lowest BCUT2D eigenvalue weighted by Gasteiger charge is -2.02. The number of nitrogens with zero attached hydrogens (tertiary/aromatic N) is 1. The Morgan fingerprint density at radius 1 is 1.91 bits per heavy atom. The average Bonchev–Trinajstić information content (AvgIpc) is 2.39. The third-order valence-corrected chi connectivity index (χ3v) is 1.14. The number of amides is 1. The van der Waals surface area contributed by atoms with Crippen LogP contribution in [0.25, 0.3) is 0 Å². The second kappa shape index (κ2) is 3.16. The SMILES string of the molecule is C[C@@H](O)C(=O)Nc1ccn[nH]1. The van der Waals surface area contributed by atoms with Crippen LogP contribution in [0.1, 0.15) is 6.92 Å². The molecule has 1 heterocycles. The van der Waals surface area contributed by atoms with Crippen molar-refractivity contribution >= 4 is 11.7 Å². The first-order chi connectivity index (χ1) is 5.20. The smallest absolute Gasteiger partial charge is 0.254 e. The quantitative estimate of drug-likeness (QED) is 0.550. The van der Waals surface area contributed by atoms with Crippen molar-refractivity contribution in [2.75, 3.05) is 5.32 Å². The van der Waals surface area contributed by atoms with Gasteiger partial charge in [0.25, 0.3) is 5.91 Å². The van der Waals surface area contributed by atoms with Gasteiger partial charge in [0.1, 0.15) is 11.9 Å². The number of aromatic amines is 1. The summed E-state index contributed by atoms with van der Waals surface area (Å²) in [6, 6.07) is 1.60. The van der Waals surface area contributed by atoms with E-state index in [0.717, 1.165) is 0 Å². The maximum atomic E-state index is 10.8. The van der Waals surface area contributed by atoms with Crippen molar-refractivity contribution in [2.45, 2.75) is 13.0 Å². The van der Waals surface area contributed by atoms with Crippen LogP contribution in [0, 0.1) is 0 Å². The summed E-state index contributed by atoms with van der Waals surface area (Å²) in [6.07, 6.45) is 0.510. The highest BCUT2D eigenvalue weighted by Gasteiger charge is 2.08. The molecule has 0 fully saturated rings. The van der Waals surface area contributed by atoms with Crippen molar-refractivity contribution in [1.82, 2.24) is 10.2 Å². The van der Waals surface area contributed by atoms with Crippen LogP contribution in [-0.4, -0.2) is 27.3 Å². The molecule has 60 valence electrons. The van der Waals surface area contributed by atoms with Crippen molar-refractivity contribution in [3.8, 4) is 0 Å². The van der Waals surface area contributed by atoms with Gasteiger partial charge >= 0.3 is 0 Å². The van der Waals surface area contributed by atoms with Gasteiger partial charge < -0.3 is 10.4 Å². The maximum Gasteiger partial charge on any atom is 0.254 e. The number of hydrogen-bond donors (Lipinski definition) is 3. The predicted molar refractivity (Wildman–Crippen MR) is 38.9 cm³/mol. The van der Waals surface area contributed by atoms with Crippen LogP contribution in [0.2, 0.25) is 0 Å². The van der Waals surface area contributed by atoms with E-state index in [0.29, 0.717) is 5.82 Å². The van der Waals surface area contributed by atoms with Gasteiger partial charge in [0.2, 0.25) is 0 Å². The van der Waals surface area contributed by atoms with E-state index < -0.39 is 12.0 Å². The Labute approximate surface area is 63.4 Å². The molecule has 0 bridgehead atoms. The molecule has 1 atom stereocenters. The number of nitrogens with one attached hydrogen (secondary N) is 2. The number of H-pyrrole nitrogens is 1. The Hall–Kier alpha value is -1.36. The number of hydrogen-bond acceptors (Lipinski definition) is 3. The van der Waals surface area contributed by atoms with Gasteiger partial charge in [-0.05, 0) is 6.92 Å². The number of aromatic nitrogens is 2. The summed E-state index contributed by atoms with van der Waals surface area (Å²) in [7, 11) is 0. The molecule has 0 aliphatic carbocycles. The second-order valence-electron chi connectivity index (χ2n) is 2.14. The summed E-state index contributed by atoms with van der Waals surface area (Å²) in [5.74, 6) is 0.0325. The van der Waals surface area contributed by atoms with Crippen molar-refractivity contribution in [1.29, 1.82) is 0 Å². The summed E-state index contributed by atoms with van der Waals surface area (Å²) < 4.78 is 0. The average molecular weight is 155 g/mol. The molecule has 0 aromatic carbocycles. The maximum absolute atomic E-state index is 10.8. The van der Waals surface area contributed by atoms with Gasteiger partial charge in [0, 0.05) is 6.07 Å². The van der Waals surface area contributed by atoms with Crippen LogP contribution in [0.15, 0.2) is 12.3 Å². The molecular formula is C6H9N3O2. The third kappa shape index (κ3) is 2.05. The molecule has 0 aliphatic heterocycles. The molecule has 5 nitrogen and oxygen atoms in total. The van der Waals surface area contributed by atoms with Crippen molar-refractivity contribution < 1.29 is 9.90 Å². The minimum absolute atomic E-state index is 0.450. The monoisotopic (exact) mass is 155 g/mol. The summed E-state index contributed by atoms with van der Waals surface area (Å²) in [5.41, 5.74) is 0. The summed E-state index contributed by atoms with van der Waals surface area (Å²) in [5, 5.41) is 17.3. The van der Waals surface area contributed by atoms with Gasteiger partial charge in [0.15, 0.2) is 0 Å². The number of rotatable bonds is 2. The number of carbonyl (C=O) groups excluding carboxylic acids is 1. The number of carbonyl (C=O) groups is 1. The lowest BCUT2D eigenvalue weighted by atomic mass is 10.4. The van der Waals surface area contributed by atoms with Crippen molar-refractivity contribution in [2.24, 2.45) is 0 Å². The van der Waals surface area contributed by atoms with Crippen LogP contribution in [0.3, 0.4) is 0 Å². The van der Waals surface area contributed by atoms with Gasteiger partial charge in [-0.2, -0.15) is 5.10 Å². The summed E-state index contributed by atoms with van der Waals surface area (Å²) >= 11 is 0. The predicted octanol–water partition coefficient (Wildman–Crippen LogP) is -0.271. The zero-order valence-electron chi connectivity index (χ0n) is 6.03. The Balaban J connectivity index is 2.50. The number of aliphatic hydroxyl groups is 1. The first-order valence-electron chi connectivity index (χ1n) is 3.18. The highest BCUT2D eigenvalue weighted by Crippen LogP contribution is 1.98. The van der Waals surface area contributed by atoms with Crippen LogP contribution >= 0.6 is 0 Å². The van der Waals surface area contributed by atoms with E-state index in [1.807, 2.05) is 0 Å². The van der Waals surface area contributed by atoms with E-state index in [4.69, 9.17) is 5.11 Å². The Morgan fingerprint density at radius 3 is 3.09 bits per heavy atom. The largest absolute Gasteiger partial charge is 0.384 e. The second-order valence-corrected chi connectivity index (χ2v) is 2.14. The van der Waals surface area contributed by atoms with Gasteiger partial charge in [-0.15, -0.1) is 0 Å². The van der Waals surface area contributed by atoms with Gasteiger partial charge in [-0.25, -0.2) is 0 Å². The Bertz CT molecular complexity index is 230. The molecule has 3 N–H and O–H groups in total. The van der Waals surface area contributed by atoms with E-state index in [2.05, 4.69) is 15.5 Å². The molecule has 1 rings (SSSR count). The lowest BCUT2D eigenvalue weighted by Crippen LogP contribution is -2.24. The molecule has 5 heteroatoms. The zero-order valence-corrected chi connectivity index (χ0v) is 6.03. The van der Waals surface area contributed by atoms with Crippen LogP contribution < -0.4 is 5.32 Å². The molecule has 0 spiro atoms. The van der Waals surface area contributed by atoms with Crippen molar-refractivity contribution in [3.63, 3.8) is 0 Å². The van der Waals surface area contributed by atoms with Crippen LogP contribution in [-0.2, 0) is 4.79 Å². The molecule has 1 aromatic heterocycles. The Kier molecular flexibility index (Phi) is 2.22. The lowest BCUT2D eigenvalue weighted by molar-refractivity contribution is -0.123. The van der Waals surface area contributed by atoms with Gasteiger partial charge in [0.05, 0.1) is 6.20 Å². The van der Waals surface area contributed by atoms with Crippen LogP contribution in [0.4, 0.5) is 5.82 Å². The van der Waals surface area contributed by atoms with E-state index >= 15 is 0 Å². The van der Waals surface area contributed by atoms with Crippen molar-refractivity contribution in [3.05, 3.63) is 12.3 Å². The molecule has 11 heavy (non-hydrogen) atoms. The summed E-state index contributed by atoms with van der Waals surface area (Å²) in [4.78, 5) is 10.8. The highest BCUT2D eigenvalue weighted by atomic mass is 16.3. The molecule has 0 unspecified atom stereocenters. The fraction of sp³-hybridized carbons (Fsp3) is 0.333. The third-order valence-electron chi connectivity index (χ3n) is 1.14. The standard InChI is InChI=1S/C6H9N3O2/c1-4(10)6(11)8-5-2-3-7-9-5/h2-4,10H,1H3,(H2,7,8,9,11)/t4-/m1/s1. The number of anilines is 1. The van der Waals surface area contributed by atoms with Gasteiger partial charge in [-0.1, -0.05) is 0 Å². The first-order valence-corrected chi connectivity index (χ1v) is 3.18. The molecule has 0 radical (unpaired) electrons. The van der Waals surface area contributed by atoms with Gasteiger partial charge in [-0.3, -0.25) is 9.89 Å².